The normalized spacial score (nSPS) is 23.3. The molecular formula is C16H21BrN2. The highest BCUT2D eigenvalue weighted by molar-refractivity contribution is 9.10. The van der Waals surface area contributed by atoms with E-state index in [1.807, 2.05) is 0 Å². The summed E-state index contributed by atoms with van der Waals surface area (Å²) in [5, 5.41) is 8.93. The third-order valence-corrected chi connectivity index (χ3v) is 4.64. The van der Waals surface area contributed by atoms with E-state index in [1.54, 1.807) is 0 Å². The molecule has 102 valence electrons. The predicted molar refractivity (Wildman–Crippen MR) is 81.8 cm³/mol. The minimum atomic E-state index is 0.301. The van der Waals surface area contributed by atoms with Crippen molar-refractivity contribution in [2.45, 2.75) is 38.1 Å². The SMILES string of the molecule is CN(CCc1cccc(Br)c1)C1CCC(C#N)CC1. The number of hydrogen-bond acceptors (Lipinski definition) is 2. The Morgan fingerprint density at radius 3 is 2.68 bits per heavy atom. The van der Waals surface area contributed by atoms with Gasteiger partial charge in [0.25, 0.3) is 0 Å². The molecule has 0 aromatic heterocycles. The highest BCUT2D eigenvalue weighted by Gasteiger charge is 2.23. The van der Waals surface area contributed by atoms with Crippen molar-refractivity contribution in [3.63, 3.8) is 0 Å². The van der Waals surface area contributed by atoms with Gasteiger partial charge >= 0.3 is 0 Å². The summed E-state index contributed by atoms with van der Waals surface area (Å²) in [6.45, 7) is 1.10. The Bertz CT molecular complexity index is 444. The molecule has 0 unspecified atom stereocenters. The third-order valence-electron chi connectivity index (χ3n) is 4.14. The Hall–Kier alpha value is -0.850. The number of hydrogen-bond donors (Lipinski definition) is 0. The number of benzene rings is 1. The topological polar surface area (TPSA) is 27.0 Å². The standard InChI is InChI=1S/C16H21BrN2/c1-19(16-7-5-14(12-18)6-8-16)10-9-13-3-2-4-15(17)11-13/h2-4,11,14,16H,5-10H2,1H3. The molecule has 1 saturated carbocycles. The van der Waals surface area contributed by atoms with Crippen molar-refractivity contribution in [1.29, 1.82) is 5.26 Å². The van der Waals surface area contributed by atoms with E-state index in [2.05, 4.69) is 58.2 Å². The van der Waals surface area contributed by atoms with Crippen molar-refractivity contribution in [2.75, 3.05) is 13.6 Å². The Balaban J connectivity index is 1.79. The first-order chi connectivity index (χ1) is 9.19. The average molecular weight is 321 g/mol. The molecule has 1 aliphatic carbocycles. The molecule has 0 spiro atoms. The summed E-state index contributed by atoms with van der Waals surface area (Å²) in [7, 11) is 2.22. The zero-order valence-electron chi connectivity index (χ0n) is 11.5. The number of rotatable bonds is 4. The molecule has 3 heteroatoms. The van der Waals surface area contributed by atoms with Gasteiger partial charge in [0.05, 0.1) is 6.07 Å². The fourth-order valence-corrected chi connectivity index (χ4v) is 3.27. The first-order valence-electron chi connectivity index (χ1n) is 7.03. The van der Waals surface area contributed by atoms with Crippen LogP contribution in [0.5, 0.6) is 0 Å². The van der Waals surface area contributed by atoms with Gasteiger partial charge in [-0.25, -0.2) is 0 Å². The summed E-state index contributed by atoms with van der Waals surface area (Å²) >= 11 is 3.52. The number of halogens is 1. The van der Waals surface area contributed by atoms with Gasteiger partial charge in [0.15, 0.2) is 0 Å². The smallest absolute Gasteiger partial charge is 0.0655 e. The Labute approximate surface area is 124 Å². The lowest BCUT2D eigenvalue weighted by atomic mass is 9.86. The third kappa shape index (κ3) is 4.33. The van der Waals surface area contributed by atoms with Gasteiger partial charge in [0.2, 0.25) is 0 Å². The lowest BCUT2D eigenvalue weighted by Crippen LogP contribution is -2.36. The van der Waals surface area contributed by atoms with Crippen LogP contribution in [0.25, 0.3) is 0 Å². The van der Waals surface area contributed by atoms with Crippen LogP contribution < -0.4 is 0 Å². The van der Waals surface area contributed by atoms with Crippen molar-refractivity contribution in [1.82, 2.24) is 4.90 Å². The summed E-state index contributed by atoms with van der Waals surface area (Å²) in [6, 6.07) is 11.6. The van der Waals surface area contributed by atoms with Gasteiger partial charge in [-0.15, -0.1) is 0 Å². The van der Waals surface area contributed by atoms with Gasteiger partial charge in [-0.2, -0.15) is 5.26 Å². The van der Waals surface area contributed by atoms with Crippen molar-refractivity contribution in [3.05, 3.63) is 34.3 Å². The molecule has 0 amide bonds. The van der Waals surface area contributed by atoms with Crippen LogP contribution in [-0.2, 0) is 6.42 Å². The van der Waals surface area contributed by atoms with Gasteiger partial charge in [0, 0.05) is 23.0 Å². The summed E-state index contributed by atoms with van der Waals surface area (Å²) < 4.78 is 1.15. The predicted octanol–water partition coefficient (Wildman–Crippen LogP) is 4.01. The summed E-state index contributed by atoms with van der Waals surface area (Å²) in [6.07, 6.45) is 5.58. The highest BCUT2D eigenvalue weighted by Crippen LogP contribution is 2.26. The molecule has 0 atom stereocenters. The number of likely N-dealkylation sites (N-methyl/N-ethyl adjacent to an activating group) is 1. The maximum atomic E-state index is 8.93. The molecule has 1 aliphatic rings. The molecule has 0 saturated heterocycles. The molecule has 0 radical (unpaired) electrons. The molecule has 0 bridgehead atoms. The molecule has 1 aromatic carbocycles. The Kier molecular flexibility index (Phi) is 5.42. The maximum Gasteiger partial charge on any atom is 0.0655 e. The molecule has 2 nitrogen and oxygen atoms in total. The van der Waals surface area contributed by atoms with Crippen LogP contribution in [0, 0.1) is 17.2 Å². The van der Waals surface area contributed by atoms with Crippen LogP contribution in [0.3, 0.4) is 0 Å². The number of nitriles is 1. The highest BCUT2D eigenvalue weighted by atomic mass is 79.9. The van der Waals surface area contributed by atoms with Crippen LogP contribution in [0.1, 0.15) is 31.2 Å². The van der Waals surface area contributed by atoms with Crippen LogP contribution in [-0.4, -0.2) is 24.5 Å². The first kappa shape index (κ1) is 14.6. The van der Waals surface area contributed by atoms with Crippen LogP contribution >= 0.6 is 15.9 Å². The largest absolute Gasteiger partial charge is 0.303 e. The zero-order valence-corrected chi connectivity index (χ0v) is 13.1. The van der Waals surface area contributed by atoms with E-state index in [-0.39, 0.29) is 0 Å². The van der Waals surface area contributed by atoms with Crippen LogP contribution in [0.2, 0.25) is 0 Å². The zero-order chi connectivity index (χ0) is 13.7. The van der Waals surface area contributed by atoms with Gasteiger partial charge in [-0.3, -0.25) is 0 Å². The van der Waals surface area contributed by atoms with Crippen molar-refractivity contribution >= 4 is 15.9 Å². The van der Waals surface area contributed by atoms with Crippen molar-refractivity contribution < 1.29 is 0 Å². The molecule has 2 rings (SSSR count). The van der Waals surface area contributed by atoms with E-state index in [9.17, 15) is 0 Å². The molecule has 0 N–H and O–H groups in total. The van der Waals surface area contributed by atoms with E-state index in [4.69, 9.17) is 5.26 Å². The van der Waals surface area contributed by atoms with Gasteiger partial charge in [-0.1, -0.05) is 28.1 Å². The lowest BCUT2D eigenvalue weighted by molar-refractivity contribution is 0.180. The first-order valence-corrected chi connectivity index (χ1v) is 7.82. The lowest BCUT2D eigenvalue weighted by Gasteiger charge is -2.32. The molecule has 0 heterocycles. The van der Waals surface area contributed by atoms with Gasteiger partial charge in [0.1, 0.15) is 0 Å². The van der Waals surface area contributed by atoms with Crippen LogP contribution in [0.4, 0.5) is 0 Å². The number of nitrogens with zero attached hydrogens (tertiary/aromatic N) is 2. The molecule has 19 heavy (non-hydrogen) atoms. The van der Waals surface area contributed by atoms with Crippen LogP contribution in [0.15, 0.2) is 28.7 Å². The second kappa shape index (κ2) is 7.07. The summed E-state index contributed by atoms with van der Waals surface area (Å²) in [4.78, 5) is 2.47. The second-order valence-electron chi connectivity index (χ2n) is 5.50. The quantitative estimate of drug-likeness (QED) is 0.838. The van der Waals surface area contributed by atoms with Crippen molar-refractivity contribution in [3.8, 4) is 6.07 Å². The maximum absolute atomic E-state index is 8.93. The summed E-state index contributed by atoms with van der Waals surface area (Å²) in [5.74, 6) is 0.301. The van der Waals surface area contributed by atoms with E-state index >= 15 is 0 Å². The fraction of sp³-hybridized carbons (Fsp3) is 0.562. The van der Waals surface area contributed by atoms with E-state index in [0.29, 0.717) is 12.0 Å². The molecule has 1 fully saturated rings. The second-order valence-corrected chi connectivity index (χ2v) is 6.41. The average Bonchev–Trinajstić information content (AvgIpc) is 2.45. The van der Waals surface area contributed by atoms with Gasteiger partial charge in [-0.05, 0) is 56.8 Å². The van der Waals surface area contributed by atoms with Gasteiger partial charge < -0.3 is 4.90 Å². The molecule has 0 aliphatic heterocycles. The minimum absolute atomic E-state index is 0.301. The molecule has 1 aromatic rings. The minimum Gasteiger partial charge on any atom is -0.303 e. The van der Waals surface area contributed by atoms with Crippen molar-refractivity contribution in [2.24, 2.45) is 5.92 Å². The van der Waals surface area contributed by atoms with E-state index in [0.717, 1.165) is 30.3 Å². The monoisotopic (exact) mass is 320 g/mol. The Morgan fingerprint density at radius 2 is 2.05 bits per heavy atom. The summed E-state index contributed by atoms with van der Waals surface area (Å²) in [5.41, 5.74) is 1.38. The molecular weight excluding hydrogens is 300 g/mol. The van der Waals surface area contributed by atoms with E-state index in [1.165, 1.54) is 18.4 Å². The fourth-order valence-electron chi connectivity index (χ4n) is 2.83. The Morgan fingerprint density at radius 1 is 1.32 bits per heavy atom. The van der Waals surface area contributed by atoms with E-state index < -0.39 is 0 Å².